The van der Waals surface area contributed by atoms with Crippen molar-refractivity contribution in [3.8, 4) is 5.75 Å². The maximum absolute atomic E-state index is 12.1. The predicted molar refractivity (Wildman–Crippen MR) is 91.9 cm³/mol. The number of aromatic nitrogens is 1. The molecule has 0 aliphatic rings. The molecule has 1 atom stereocenters. The fourth-order valence-corrected chi connectivity index (χ4v) is 2.33. The Morgan fingerprint density at radius 1 is 1.32 bits per heavy atom. The molecule has 116 valence electrons. The molecule has 0 radical (unpaired) electrons. The van der Waals surface area contributed by atoms with E-state index in [1.165, 1.54) is 0 Å². The Morgan fingerprint density at radius 2 is 2.05 bits per heavy atom. The molecular weight excluding hydrogens is 391 g/mol. The highest BCUT2D eigenvalue weighted by Crippen LogP contribution is 2.28. The maximum Gasteiger partial charge on any atom is 0.266 e. The summed E-state index contributed by atoms with van der Waals surface area (Å²) in [5, 5.41) is 3.55. The first-order valence-electron chi connectivity index (χ1n) is 6.42. The van der Waals surface area contributed by atoms with Gasteiger partial charge in [-0.1, -0.05) is 23.2 Å². The number of pyridine rings is 1. The van der Waals surface area contributed by atoms with E-state index in [0.29, 0.717) is 21.6 Å². The number of ether oxygens (including phenoxy) is 1. The van der Waals surface area contributed by atoms with Crippen LogP contribution in [0.2, 0.25) is 10.0 Å². The summed E-state index contributed by atoms with van der Waals surface area (Å²) in [5.74, 6) is 0.539. The number of carbonyl (C=O) groups excluding carboxylic acids is 1. The van der Waals surface area contributed by atoms with E-state index in [1.807, 2.05) is 13.0 Å². The topological polar surface area (TPSA) is 51.2 Å². The molecular formula is C15H13BrCl2N2O2. The molecule has 0 aliphatic heterocycles. The fraction of sp³-hybridized carbons (Fsp3) is 0.200. The van der Waals surface area contributed by atoms with Crippen LogP contribution < -0.4 is 10.1 Å². The quantitative estimate of drug-likeness (QED) is 0.792. The minimum atomic E-state index is -0.732. The van der Waals surface area contributed by atoms with E-state index in [4.69, 9.17) is 27.9 Å². The van der Waals surface area contributed by atoms with Crippen LogP contribution >= 0.6 is 39.1 Å². The number of nitrogens with one attached hydrogen (secondary N) is 1. The molecule has 0 spiro atoms. The Balaban J connectivity index is 2.04. The largest absolute Gasteiger partial charge is 0.479 e. The Labute approximate surface area is 146 Å². The summed E-state index contributed by atoms with van der Waals surface area (Å²) in [6, 6.07) is 8.35. The van der Waals surface area contributed by atoms with Crippen LogP contribution in [0.3, 0.4) is 0 Å². The summed E-state index contributed by atoms with van der Waals surface area (Å²) in [4.78, 5) is 16.4. The molecule has 7 heteroatoms. The lowest BCUT2D eigenvalue weighted by molar-refractivity contribution is -0.122. The monoisotopic (exact) mass is 402 g/mol. The van der Waals surface area contributed by atoms with Crippen molar-refractivity contribution in [1.29, 1.82) is 0 Å². The van der Waals surface area contributed by atoms with Crippen molar-refractivity contribution in [2.45, 2.75) is 20.0 Å². The van der Waals surface area contributed by atoms with Crippen LogP contribution in [0.4, 0.5) is 5.82 Å². The van der Waals surface area contributed by atoms with Crippen LogP contribution in [0.15, 0.2) is 34.8 Å². The number of hydrogen-bond donors (Lipinski definition) is 1. The molecule has 1 aromatic carbocycles. The molecule has 22 heavy (non-hydrogen) atoms. The zero-order valence-electron chi connectivity index (χ0n) is 11.9. The molecule has 0 fully saturated rings. The van der Waals surface area contributed by atoms with Crippen molar-refractivity contribution in [3.63, 3.8) is 0 Å². The van der Waals surface area contributed by atoms with Crippen molar-refractivity contribution in [2.24, 2.45) is 0 Å². The number of benzene rings is 1. The van der Waals surface area contributed by atoms with Crippen molar-refractivity contribution in [1.82, 2.24) is 4.98 Å². The summed E-state index contributed by atoms with van der Waals surface area (Å²) in [5.41, 5.74) is 0.784. The van der Waals surface area contributed by atoms with Gasteiger partial charge in [0.2, 0.25) is 0 Å². The maximum atomic E-state index is 12.1. The molecule has 4 nitrogen and oxygen atoms in total. The summed E-state index contributed by atoms with van der Waals surface area (Å²) in [6.07, 6.45) is -0.732. The first kappa shape index (κ1) is 17.1. The molecule has 1 amide bonds. The van der Waals surface area contributed by atoms with Crippen LogP contribution in [0, 0.1) is 6.92 Å². The summed E-state index contributed by atoms with van der Waals surface area (Å²) in [6.45, 7) is 3.47. The Bertz CT molecular complexity index is 710. The third-order valence-electron chi connectivity index (χ3n) is 2.84. The van der Waals surface area contributed by atoms with Crippen LogP contribution in [0.25, 0.3) is 0 Å². The second-order valence-corrected chi connectivity index (χ2v) is 6.29. The van der Waals surface area contributed by atoms with E-state index in [0.717, 1.165) is 10.2 Å². The third-order valence-corrected chi connectivity index (χ3v) is 4.21. The zero-order chi connectivity index (χ0) is 16.3. The third kappa shape index (κ3) is 4.35. The molecule has 2 rings (SSSR count). The van der Waals surface area contributed by atoms with E-state index in [9.17, 15) is 4.79 Å². The molecule has 2 aromatic rings. The molecule has 0 saturated heterocycles. The van der Waals surface area contributed by atoms with E-state index >= 15 is 0 Å². The standard InChI is InChI=1S/C15H13BrCl2N2O2/c1-8-11(16)4-6-14(19-8)20-15(21)9(2)22-13-5-3-10(17)7-12(13)18/h3-7,9H,1-2H3,(H,19,20,21)/t9-/m0/s1. The lowest BCUT2D eigenvalue weighted by Crippen LogP contribution is -2.30. The Morgan fingerprint density at radius 3 is 2.68 bits per heavy atom. The van der Waals surface area contributed by atoms with Crippen LogP contribution in [0.5, 0.6) is 5.75 Å². The molecule has 0 saturated carbocycles. The van der Waals surface area contributed by atoms with Crippen LogP contribution in [-0.4, -0.2) is 17.0 Å². The minimum absolute atomic E-state index is 0.319. The summed E-state index contributed by atoms with van der Waals surface area (Å²) in [7, 11) is 0. The van der Waals surface area contributed by atoms with Gasteiger partial charge in [-0.15, -0.1) is 0 Å². The van der Waals surface area contributed by atoms with Crippen molar-refractivity contribution < 1.29 is 9.53 Å². The molecule has 1 N–H and O–H groups in total. The molecule has 1 heterocycles. The number of amides is 1. The van der Waals surface area contributed by atoms with Crippen molar-refractivity contribution in [2.75, 3.05) is 5.32 Å². The van der Waals surface area contributed by atoms with Gasteiger partial charge in [0.25, 0.3) is 5.91 Å². The smallest absolute Gasteiger partial charge is 0.266 e. The van der Waals surface area contributed by atoms with E-state index in [-0.39, 0.29) is 5.91 Å². The van der Waals surface area contributed by atoms with Crippen LogP contribution in [0.1, 0.15) is 12.6 Å². The highest BCUT2D eigenvalue weighted by atomic mass is 79.9. The number of hydrogen-bond acceptors (Lipinski definition) is 3. The van der Waals surface area contributed by atoms with Gasteiger partial charge >= 0.3 is 0 Å². The lowest BCUT2D eigenvalue weighted by atomic mass is 10.3. The van der Waals surface area contributed by atoms with E-state index in [2.05, 4.69) is 26.2 Å². The zero-order valence-corrected chi connectivity index (χ0v) is 15.0. The fourth-order valence-electron chi connectivity index (χ4n) is 1.66. The highest BCUT2D eigenvalue weighted by Gasteiger charge is 2.17. The number of halogens is 3. The number of rotatable bonds is 4. The van der Waals surface area contributed by atoms with E-state index in [1.54, 1.807) is 31.2 Å². The normalized spacial score (nSPS) is 11.9. The minimum Gasteiger partial charge on any atom is -0.479 e. The van der Waals surface area contributed by atoms with Gasteiger partial charge in [-0.3, -0.25) is 4.79 Å². The summed E-state index contributed by atoms with van der Waals surface area (Å²) < 4.78 is 6.43. The Kier molecular flexibility index (Phi) is 5.67. The second-order valence-electron chi connectivity index (χ2n) is 4.59. The second kappa shape index (κ2) is 7.31. The SMILES string of the molecule is Cc1nc(NC(=O)[C@H](C)Oc2ccc(Cl)cc2Cl)ccc1Br. The Hall–Kier alpha value is -1.30. The van der Waals surface area contributed by atoms with Gasteiger partial charge in [0.05, 0.1) is 10.7 Å². The summed E-state index contributed by atoms with van der Waals surface area (Å²) >= 11 is 15.2. The highest BCUT2D eigenvalue weighted by molar-refractivity contribution is 9.10. The van der Waals surface area contributed by atoms with Gasteiger partial charge in [0, 0.05) is 9.50 Å². The number of nitrogens with zero attached hydrogens (tertiary/aromatic N) is 1. The van der Waals surface area contributed by atoms with Crippen LogP contribution in [-0.2, 0) is 4.79 Å². The number of anilines is 1. The van der Waals surface area contributed by atoms with Gasteiger partial charge in [-0.05, 0) is 60.1 Å². The van der Waals surface area contributed by atoms with Gasteiger partial charge in [-0.2, -0.15) is 0 Å². The molecule has 0 unspecified atom stereocenters. The van der Waals surface area contributed by atoms with Gasteiger partial charge in [-0.25, -0.2) is 4.98 Å². The molecule has 0 aliphatic carbocycles. The van der Waals surface area contributed by atoms with Gasteiger partial charge in [0.1, 0.15) is 11.6 Å². The molecule has 1 aromatic heterocycles. The predicted octanol–water partition coefficient (Wildman–Crippen LogP) is 4.87. The van der Waals surface area contributed by atoms with Crippen molar-refractivity contribution in [3.05, 3.63) is 50.5 Å². The average Bonchev–Trinajstić information content (AvgIpc) is 2.45. The molecule has 0 bridgehead atoms. The lowest BCUT2D eigenvalue weighted by Gasteiger charge is -2.15. The van der Waals surface area contributed by atoms with Crippen molar-refractivity contribution >= 4 is 50.9 Å². The van der Waals surface area contributed by atoms with E-state index < -0.39 is 6.10 Å². The van der Waals surface area contributed by atoms with Gasteiger partial charge < -0.3 is 10.1 Å². The number of aryl methyl sites for hydroxylation is 1. The first-order valence-corrected chi connectivity index (χ1v) is 7.97. The first-order chi connectivity index (χ1) is 10.4. The van der Waals surface area contributed by atoms with Gasteiger partial charge in [0.15, 0.2) is 6.10 Å². The number of carbonyl (C=O) groups is 1. The average molecular weight is 404 g/mol.